The minimum atomic E-state index is -0.0634. The first-order valence-electron chi connectivity index (χ1n) is 20.0. The molecular formula is C49H53BN2. The Hall–Kier alpha value is -4.24. The normalized spacial score (nSPS) is 21.9. The van der Waals surface area contributed by atoms with E-state index in [-0.39, 0.29) is 23.0 Å². The predicted molar refractivity (Wildman–Crippen MR) is 223 cm³/mol. The van der Waals surface area contributed by atoms with Crippen LogP contribution in [0.2, 0.25) is 0 Å². The maximum Gasteiger partial charge on any atom is 0.252 e. The van der Waals surface area contributed by atoms with Gasteiger partial charge in [-0.1, -0.05) is 116 Å². The molecule has 3 atom stereocenters. The fourth-order valence-corrected chi connectivity index (χ4v) is 11.1. The van der Waals surface area contributed by atoms with Gasteiger partial charge in [0.15, 0.2) is 0 Å². The molecule has 10 rings (SSSR count). The lowest BCUT2D eigenvalue weighted by atomic mass is 9.33. The standard InChI is InChI=1S/C49H53BN2/c1-29-22-44-46-45(23-29)52(43-25-30-14-15-31(43)24-30)42-21-17-33(48(5,6)7)27-40(42)50(46)39-26-32(47(2,3)4)16-20-41(39)51(44)34-18-19-36-35-12-10-11-13-37(35)49(8,9)38(36)28-34/h10-13,16-23,26-28,30-31,43H,14-15,24-25H2,1-9H3. The lowest BCUT2D eigenvalue weighted by molar-refractivity contribution is 0.413. The number of benzene rings is 5. The lowest BCUT2D eigenvalue weighted by Gasteiger charge is -2.48. The summed E-state index contributed by atoms with van der Waals surface area (Å²) in [6, 6.07) is 36.9. The molecule has 262 valence electrons. The molecular weight excluding hydrogens is 627 g/mol. The topological polar surface area (TPSA) is 6.48 Å². The minimum absolute atomic E-state index is 0.0412. The van der Waals surface area contributed by atoms with Crippen LogP contribution in [0.1, 0.15) is 109 Å². The van der Waals surface area contributed by atoms with E-state index in [0.717, 1.165) is 11.8 Å². The number of nitrogens with zero attached hydrogens (tertiary/aromatic N) is 2. The van der Waals surface area contributed by atoms with E-state index in [1.54, 1.807) is 0 Å². The van der Waals surface area contributed by atoms with Gasteiger partial charge < -0.3 is 9.80 Å². The van der Waals surface area contributed by atoms with Gasteiger partial charge >= 0.3 is 0 Å². The van der Waals surface area contributed by atoms with E-state index < -0.39 is 0 Å². The van der Waals surface area contributed by atoms with Crippen LogP contribution in [-0.4, -0.2) is 12.8 Å². The second-order valence-corrected chi connectivity index (χ2v) is 19.5. The van der Waals surface area contributed by atoms with Crippen LogP contribution in [0.3, 0.4) is 0 Å². The van der Waals surface area contributed by atoms with Crippen molar-refractivity contribution in [2.45, 2.75) is 110 Å². The molecule has 5 aromatic rings. The molecule has 5 aliphatic rings. The molecule has 0 N–H and O–H groups in total. The molecule has 3 heteroatoms. The summed E-state index contributed by atoms with van der Waals surface area (Å²) in [7, 11) is 0. The van der Waals surface area contributed by atoms with Crippen molar-refractivity contribution in [3.8, 4) is 11.1 Å². The Kier molecular flexibility index (Phi) is 6.66. The van der Waals surface area contributed by atoms with E-state index >= 15 is 0 Å². The number of aryl methyl sites for hydroxylation is 1. The third-order valence-electron chi connectivity index (χ3n) is 13.8. The smallest absolute Gasteiger partial charge is 0.252 e. The maximum atomic E-state index is 2.85. The second-order valence-electron chi connectivity index (χ2n) is 19.5. The van der Waals surface area contributed by atoms with Crippen LogP contribution < -0.4 is 26.2 Å². The Morgan fingerprint density at radius 1 is 0.635 bits per heavy atom. The molecule has 2 fully saturated rings. The van der Waals surface area contributed by atoms with Crippen molar-refractivity contribution in [1.29, 1.82) is 0 Å². The summed E-state index contributed by atoms with van der Waals surface area (Å²) < 4.78 is 0. The van der Waals surface area contributed by atoms with Gasteiger partial charge in [-0.3, -0.25) is 0 Å². The summed E-state index contributed by atoms with van der Waals surface area (Å²) in [5.41, 5.74) is 21.0. The van der Waals surface area contributed by atoms with Gasteiger partial charge in [0.05, 0.1) is 0 Å². The first-order chi connectivity index (χ1) is 24.7. The van der Waals surface area contributed by atoms with Gasteiger partial charge in [-0.25, -0.2) is 0 Å². The van der Waals surface area contributed by atoms with Crippen molar-refractivity contribution in [3.05, 3.63) is 119 Å². The van der Waals surface area contributed by atoms with Crippen molar-refractivity contribution in [3.63, 3.8) is 0 Å². The van der Waals surface area contributed by atoms with E-state index in [0.29, 0.717) is 6.04 Å². The Labute approximate surface area is 312 Å². The Bertz CT molecular complexity index is 2320. The van der Waals surface area contributed by atoms with E-state index in [9.17, 15) is 0 Å². The summed E-state index contributed by atoms with van der Waals surface area (Å²) in [5, 5.41) is 0. The fraction of sp³-hybridized carbons (Fsp3) is 0.388. The van der Waals surface area contributed by atoms with Crippen molar-refractivity contribution >= 4 is 51.5 Å². The number of hydrogen-bond acceptors (Lipinski definition) is 2. The molecule has 2 nitrogen and oxygen atoms in total. The third kappa shape index (κ3) is 4.50. The molecule has 2 bridgehead atoms. The zero-order valence-electron chi connectivity index (χ0n) is 32.7. The number of rotatable bonds is 2. The first kappa shape index (κ1) is 32.4. The average molecular weight is 681 g/mol. The van der Waals surface area contributed by atoms with Crippen LogP contribution in [-0.2, 0) is 16.2 Å². The number of fused-ring (bicyclic) bond motifs is 9. The van der Waals surface area contributed by atoms with Gasteiger partial charge in [-0.05, 0) is 141 Å². The maximum absolute atomic E-state index is 2.85. The molecule has 2 heterocycles. The van der Waals surface area contributed by atoms with Crippen LogP contribution >= 0.6 is 0 Å². The molecule has 2 saturated carbocycles. The molecule has 3 aliphatic carbocycles. The Balaban J connectivity index is 1.26. The van der Waals surface area contributed by atoms with Crippen LogP contribution in [0, 0.1) is 18.8 Å². The third-order valence-corrected chi connectivity index (χ3v) is 13.8. The molecule has 52 heavy (non-hydrogen) atoms. The van der Waals surface area contributed by atoms with E-state index in [1.807, 2.05) is 0 Å². The van der Waals surface area contributed by atoms with E-state index in [1.165, 1.54) is 109 Å². The zero-order chi connectivity index (χ0) is 36.1. The highest BCUT2D eigenvalue weighted by molar-refractivity contribution is 7.00. The molecule has 0 amide bonds. The molecule has 3 unspecified atom stereocenters. The Morgan fingerprint density at radius 2 is 1.29 bits per heavy atom. The minimum Gasteiger partial charge on any atom is -0.339 e. The van der Waals surface area contributed by atoms with Crippen LogP contribution in [0.5, 0.6) is 0 Å². The van der Waals surface area contributed by atoms with E-state index in [2.05, 4.69) is 163 Å². The summed E-state index contributed by atoms with van der Waals surface area (Å²) in [4.78, 5) is 5.49. The quantitative estimate of drug-likeness (QED) is 0.168. The average Bonchev–Trinajstić information content (AvgIpc) is 3.79. The molecule has 0 saturated heterocycles. The van der Waals surface area contributed by atoms with Gasteiger partial charge in [0.2, 0.25) is 0 Å². The number of anilines is 5. The van der Waals surface area contributed by atoms with Crippen molar-refractivity contribution < 1.29 is 0 Å². The van der Waals surface area contributed by atoms with Gasteiger partial charge in [-0.15, -0.1) is 0 Å². The largest absolute Gasteiger partial charge is 0.339 e. The summed E-state index contributed by atoms with van der Waals surface area (Å²) >= 11 is 0. The monoisotopic (exact) mass is 680 g/mol. The van der Waals surface area contributed by atoms with Crippen molar-refractivity contribution in [2.24, 2.45) is 11.8 Å². The number of hydrogen-bond donors (Lipinski definition) is 0. The van der Waals surface area contributed by atoms with Crippen LogP contribution in [0.25, 0.3) is 11.1 Å². The lowest BCUT2D eigenvalue weighted by Crippen LogP contribution is -2.63. The zero-order valence-corrected chi connectivity index (χ0v) is 32.7. The van der Waals surface area contributed by atoms with Crippen LogP contribution in [0.15, 0.2) is 91.0 Å². The fourth-order valence-electron chi connectivity index (χ4n) is 11.1. The van der Waals surface area contributed by atoms with Crippen LogP contribution in [0.4, 0.5) is 28.4 Å². The van der Waals surface area contributed by atoms with Crippen molar-refractivity contribution in [1.82, 2.24) is 0 Å². The Morgan fingerprint density at radius 3 is 1.96 bits per heavy atom. The van der Waals surface area contributed by atoms with Gasteiger partial charge in [0.1, 0.15) is 0 Å². The first-order valence-corrected chi connectivity index (χ1v) is 20.0. The summed E-state index contributed by atoms with van der Waals surface area (Å²) in [5.74, 6) is 1.64. The van der Waals surface area contributed by atoms with Gasteiger partial charge in [0.25, 0.3) is 6.71 Å². The van der Waals surface area contributed by atoms with Crippen molar-refractivity contribution in [2.75, 3.05) is 9.80 Å². The van der Waals surface area contributed by atoms with Gasteiger partial charge in [0, 0.05) is 39.9 Å². The SMILES string of the molecule is Cc1cc2c3c(c1)N(C1CC4CCC1C4)c1ccc(C(C)(C)C)cc1B3c1cc(C(C)(C)C)ccc1N2c1ccc2c(c1)C(C)(C)c1ccccc1-2. The predicted octanol–water partition coefficient (Wildman–Crippen LogP) is 10.8. The highest BCUT2D eigenvalue weighted by Gasteiger charge is 2.49. The summed E-state index contributed by atoms with van der Waals surface area (Å²) in [6.45, 7) is 21.5. The second kappa shape index (κ2) is 10.7. The molecule has 0 spiro atoms. The molecule has 2 aliphatic heterocycles. The van der Waals surface area contributed by atoms with E-state index in [4.69, 9.17) is 0 Å². The molecule has 5 aromatic carbocycles. The molecule has 0 aromatic heterocycles. The summed E-state index contributed by atoms with van der Waals surface area (Å²) in [6.07, 6.45) is 5.49. The van der Waals surface area contributed by atoms with Gasteiger partial charge in [-0.2, -0.15) is 0 Å². The molecule has 0 radical (unpaired) electrons. The highest BCUT2D eigenvalue weighted by atomic mass is 15.2. The highest BCUT2D eigenvalue weighted by Crippen LogP contribution is 2.53.